The number of fused-ring (bicyclic) bond motifs is 3. The number of allylic oxidation sites excluding steroid dienone is 4. The number of hydrogen-bond acceptors (Lipinski definition) is 0. The molecule has 0 spiro atoms. The first kappa shape index (κ1) is 24.9. The van der Waals surface area contributed by atoms with Gasteiger partial charge in [-0.25, -0.2) is 0 Å². The second kappa shape index (κ2) is 10.3. The second-order valence-electron chi connectivity index (χ2n) is 7.83. The maximum atomic E-state index is 2.46. The van der Waals surface area contributed by atoms with Crippen LogP contribution in [-0.4, -0.2) is 0 Å². The first-order valence-corrected chi connectivity index (χ1v) is 9.85. The van der Waals surface area contributed by atoms with Gasteiger partial charge in [0, 0.05) is 11.8 Å². The topological polar surface area (TPSA) is 0 Å². The van der Waals surface area contributed by atoms with E-state index in [9.17, 15) is 0 Å². The molecule has 3 aromatic rings. The van der Waals surface area contributed by atoms with E-state index in [1.54, 1.807) is 0 Å². The van der Waals surface area contributed by atoms with Crippen LogP contribution in [0.15, 0.2) is 85.0 Å². The van der Waals surface area contributed by atoms with Crippen molar-refractivity contribution < 1.29 is 51.0 Å². The van der Waals surface area contributed by atoms with Gasteiger partial charge in [0.05, 0.1) is 0 Å². The average molecular weight is 511 g/mol. The first-order chi connectivity index (χ1) is 13.2. The summed E-state index contributed by atoms with van der Waals surface area (Å²) in [5.74, 6) is 0.783. The van der Waals surface area contributed by atoms with Crippen LogP contribution in [0.2, 0.25) is 0 Å². The summed E-state index contributed by atoms with van der Waals surface area (Å²) >= 11 is 0. The van der Waals surface area contributed by atoms with Crippen LogP contribution in [0.25, 0.3) is 11.1 Å². The molecular weight excluding hydrogens is 486 g/mol. The van der Waals surface area contributed by atoms with Gasteiger partial charge in [0.2, 0.25) is 0 Å². The summed E-state index contributed by atoms with van der Waals surface area (Å²) in [5, 5.41) is 0. The molecule has 0 bridgehead atoms. The normalized spacial score (nSPS) is 14.2. The van der Waals surface area contributed by atoms with E-state index in [1.807, 2.05) is 0 Å². The Morgan fingerprint density at radius 2 is 1.47 bits per heavy atom. The quantitative estimate of drug-likeness (QED) is 0.382. The number of halogens is 2. The summed E-state index contributed by atoms with van der Waals surface area (Å²) in [6.07, 6.45) is 10.1. The summed E-state index contributed by atoms with van der Waals surface area (Å²) in [7, 11) is 0. The van der Waals surface area contributed by atoms with Gasteiger partial charge < -0.3 is 24.8 Å². The zero-order valence-electron chi connectivity index (χ0n) is 17.2. The van der Waals surface area contributed by atoms with Crippen LogP contribution in [0.3, 0.4) is 0 Å². The van der Waals surface area contributed by atoms with Crippen LogP contribution in [0.1, 0.15) is 39.3 Å². The van der Waals surface area contributed by atoms with Gasteiger partial charge in [-0.1, -0.05) is 85.0 Å². The molecule has 2 aliphatic carbocycles. The van der Waals surface area contributed by atoms with E-state index in [-0.39, 0.29) is 51.0 Å². The molecule has 2 aliphatic rings. The molecular formula is C27H24Cl2Zr. The van der Waals surface area contributed by atoms with Crippen LogP contribution < -0.4 is 24.8 Å². The largest absolute Gasteiger partial charge is 2.00 e. The minimum atomic E-state index is 0. The van der Waals surface area contributed by atoms with E-state index >= 15 is 0 Å². The molecule has 0 heterocycles. The van der Waals surface area contributed by atoms with Crippen LogP contribution in [0, 0.1) is 19.8 Å². The van der Waals surface area contributed by atoms with Gasteiger partial charge in [-0.15, -0.1) is 0 Å². The van der Waals surface area contributed by atoms with E-state index in [1.165, 1.54) is 44.5 Å². The van der Waals surface area contributed by atoms with E-state index in [0.717, 1.165) is 6.42 Å². The van der Waals surface area contributed by atoms with Crippen LogP contribution in [-0.2, 0) is 32.6 Å². The average Bonchev–Trinajstić information content (AvgIpc) is 3.35. The summed E-state index contributed by atoms with van der Waals surface area (Å²) in [6.45, 7) is 4.55. The molecule has 0 N–H and O–H groups in total. The summed E-state index contributed by atoms with van der Waals surface area (Å²) in [5.41, 5.74) is 11.6. The molecule has 0 fully saturated rings. The molecule has 1 unspecified atom stereocenters. The molecule has 5 rings (SSSR count). The molecule has 3 aromatic carbocycles. The van der Waals surface area contributed by atoms with Crippen molar-refractivity contribution >= 4 is 0 Å². The molecule has 0 amide bonds. The molecule has 1 atom stereocenters. The minimum Gasteiger partial charge on any atom is -1.00 e. The smallest absolute Gasteiger partial charge is 1.00 e. The van der Waals surface area contributed by atoms with Gasteiger partial charge in [0.15, 0.2) is 0 Å². The Balaban J connectivity index is 0.00000107. The number of benzene rings is 3. The monoisotopic (exact) mass is 508 g/mol. The molecule has 0 aromatic heterocycles. The Morgan fingerprint density at radius 1 is 0.833 bits per heavy atom. The zero-order chi connectivity index (χ0) is 18.4. The van der Waals surface area contributed by atoms with Gasteiger partial charge in [-0.3, -0.25) is 0 Å². The number of hydrogen-bond donors (Lipinski definition) is 0. The third-order valence-corrected chi connectivity index (χ3v) is 6.30. The number of aryl methyl sites for hydroxylation is 1. The summed E-state index contributed by atoms with van der Waals surface area (Å²) in [6, 6.07) is 22.4. The molecule has 0 saturated heterocycles. The van der Waals surface area contributed by atoms with Gasteiger partial charge in [-0.05, 0) is 64.8 Å². The van der Waals surface area contributed by atoms with E-state index in [2.05, 4.69) is 98.8 Å². The van der Waals surface area contributed by atoms with E-state index < -0.39 is 0 Å². The predicted molar refractivity (Wildman–Crippen MR) is 114 cm³/mol. The minimum absolute atomic E-state index is 0. The van der Waals surface area contributed by atoms with Crippen molar-refractivity contribution in [3.05, 3.63) is 118 Å². The van der Waals surface area contributed by atoms with Crippen molar-refractivity contribution in [3.63, 3.8) is 0 Å². The second-order valence-corrected chi connectivity index (χ2v) is 7.83. The predicted octanol–water partition coefficient (Wildman–Crippen LogP) is 0.754. The Bertz CT molecular complexity index is 1070. The summed E-state index contributed by atoms with van der Waals surface area (Å²) < 4.78 is 0. The van der Waals surface area contributed by atoms with Crippen molar-refractivity contribution in [2.45, 2.75) is 26.2 Å². The number of rotatable bonds is 3. The van der Waals surface area contributed by atoms with Crippen LogP contribution in [0.5, 0.6) is 0 Å². The van der Waals surface area contributed by atoms with Crippen molar-refractivity contribution in [2.24, 2.45) is 5.92 Å². The Hall–Kier alpha value is -1.40. The molecule has 150 valence electrons. The third kappa shape index (κ3) is 4.18. The van der Waals surface area contributed by atoms with Gasteiger partial charge in [0.25, 0.3) is 0 Å². The SMILES string of the molecule is Cc1cc(C(c2ccccc2)C2C=CC=C2)c2c(c1C)-c1ccccc1C2.[Cl-].[Cl-].[Zr+2]. The fourth-order valence-corrected chi connectivity index (χ4v) is 4.88. The van der Waals surface area contributed by atoms with Crippen molar-refractivity contribution in [3.8, 4) is 11.1 Å². The molecule has 0 aliphatic heterocycles. The molecule has 0 nitrogen and oxygen atoms in total. The van der Waals surface area contributed by atoms with Crippen molar-refractivity contribution in [1.82, 2.24) is 0 Å². The van der Waals surface area contributed by atoms with Crippen LogP contribution >= 0.6 is 0 Å². The third-order valence-electron chi connectivity index (χ3n) is 6.30. The standard InChI is InChI=1S/C27H24.2ClH.Zr/c1-18-16-24(25-17-22-14-8-9-15-23(22)26(25)19(18)2)27(21-12-6-7-13-21)20-10-4-3-5-11-20;;;/h3-16,21,27H,17H2,1-2H3;2*1H;/q;;;+2/p-2. The maximum absolute atomic E-state index is 2.46. The zero-order valence-corrected chi connectivity index (χ0v) is 21.2. The van der Waals surface area contributed by atoms with E-state index in [4.69, 9.17) is 0 Å². The van der Waals surface area contributed by atoms with Gasteiger partial charge in [0.1, 0.15) is 0 Å². The fraction of sp³-hybridized carbons (Fsp3) is 0.185. The Kier molecular flexibility index (Phi) is 8.52. The van der Waals surface area contributed by atoms with Crippen LogP contribution in [0.4, 0.5) is 0 Å². The van der Waals surface area contributed by atoms with Crippen molar-refractivity contribution in [2.75, 3.05) is 0 Å². The molecule has 30 heavy (non-hydrogen) atoms. The molecule has 3 heteroatoms. The fourth-order valence-electron chi connectivity index (χ4n) is 4.88. The Morgan fingerprint density at radius 3 is 2.17 bits per heavy atom. The Labute approximate surface area is 211 Å². The summed E-state index contributed by atoms with van der Waals surface area (Å²) in [4.78, 5) is 0. The van der Waals surface area contributed by atoms with Crippen molar-refractivity contribution in [1.29, 1.82) is 0 Å². The maximum Gasteiger partial charge on any atom is 2.00 e. The molecule has 0 saturated carbocycles. The van der Waals surface area contributed by atoms with Gasteiger partial charge >= 0.3 is 26.2 Å². The molecule has 0 radical (unpaired) electrons. The first-order valence-electron chi connectivity index (χ1n) is 9.85. The van der Waals surface area contributed by atoms with E-state index in [0.29, 0.717) is 11.8 Å². The van der Waals surface area contributed by atoms with Gasteiger partial charge in [-0.2, -0.15) is 0 Å².